The van der Waals surface area contributed by atoms with E-state index >= 15 is 0 Å². The largest absolute Gasteiger partial charge is 0.338 e. The Labute approximate surface area is 174 Å². The third-order valence-corrected chi connectivity index (χ3v) is 5.72. The van der Waals surface area contributed by atoms with Gasteiger partial charge < -0.3 is 4.90 Å². The first kappa shape index (κ1) is 19.7. The fourth-order valence-corrected chi connectivity index (χ4v) is 3.96. The summed E-state index contributed by atoms with van der Waals surface area (Å²) < 4.78 is 14.1. The van der Waals surface area contributed by atoms with Gasteiger partial charge in [0.15, 0.2) is 0 Å². The number of pyridine rings is 2. The Bertz CT molecular complexity index is 1090. The monoisotopic (exact) mass is 400 g/mol. The maximum atomic E-state index is 14.1. The molecule has 1 aliphatic heterocycles. The van der Waals surface area contributed by atoms with Crippen LogP contribution in [0.1, 0.15) is 28.8 Å². The Hall–Kier alpha value is -3.59. The second-order valence-electron chi connectivity index (χ2n) is 7.59. The van der Waals surface area contributed by atoms with Crippen molar-refractivity contribution in [3.05, 3.63) is 84.1 Å². The second kappa shape index (κ2) is 8.42. The van der Waals surface area contributed by atoms with E-state index < -0.39 is 5.41 Å². The number of benzene rings is 1. The van der Waals surface area contributed by atoms with Gasteiger partial charge in [0, 0.05) is 37.2 Å². The molecule has 0 atom stereocenters. The molecule has 4 rings (SSSR count). The number of carbonyl (C=O) groups is 1. The predicted octanol–water partition coefficient (Wildman–Crippen LogP) is 4.27. The van der Waals surface area contributed by atoms with Gasteiger partial charge in [0.1, 0.15) is 5.82 Å². The third-order valence-electron chi connectivity index (χ3n) is 5.72. The highest BCUT2D eigenvalue weighted by molar-refractivity contribution is 5.99. The molecule has 150 valence electrons. The maximum absolute atomic E-state index is 14.1. The summed E-state index contributed by atoms with van der Waals surface area (Å²) in [7, 11) is 0. The fourth-order valence-electron chi connectivity index (χ4n) is 3.96. The van der Waals surface area contributed by atoms with Crippen LogP contribution >= 0.6 is 0 Å². The average molecular weight is 400 g/mol. The third kappa shape index (κ3) is 3.92. The van der Waals surface area contributed by atoms with E-state index in [9.17, 15) is 14.4 Å². The number of carbonyl (C=O) groups excluding carboxylic acids is 1. The zero-order valence-electron chi connectivity index (χ0n) is 16.5. The highest BCUT2D eigenvalue weighted by atomic mass is 19.1. The number of hydrogen-bond acceptors (Lipinski definition) is 4. The van der Waals surface area contributed by atoms with Crippen molar-refractivity contribution in [1.29, 1.82) is 5.26 Å². The molecule has 0 radical (unpaired) electrons. The zero-order chi connectivity index (χ0) is 21.0. The van der Waals surface area contributed by atoms with E-state index in [1.54, 1.807) is 53.8 Å². The number of likely N-dealkylation sites (tertiary alicyclic amines) is 1. The van der Waals surface area contributed by atoms with Gasteiger partial charge in [-0.15, -0.1) is 0 Å². The molecule has 30 heavy (non-hydrogen) atoms. The number of amides is 1. The zero-order valence-corrected chi connectivity index (χ0v) is 16.5. The van der Waals surface area contributed by atoms with Crippen molar-refractivity contribution in [2.75, 3.05) is 13.1 Å². The Kier molecular flexibility index (Phi) is 5.53. The van der Waals surface area contributed by atoms with Crippen LogP contribution in [-0.2, 0) is 6.42 Å². The van der Waals surface area contributed by atoms with Crippen LogP contribution in [0.5, 0.6) is 0 Å². The lowest BCUT2D eigenvalue weighted by atomic mass is 9.75. The standard InChI is InChI=1S/C24H21FN4O/c25-21-6-2-1-4-19(21)16-24(17-26)9-14-29(15-10-24)23(30)20-5-3-11-28-22(20)18-7-12-27-13-8-18/h1-8,11-13H,9-10,14-16H2. The highest BCUT2D eigenvalue weighted by Crippen LogP contribution is 2.36. The Morgan fingerprint density at radius 3 is 2.50 bits per heavy atom. The van der Waals surface area contributed by atoms with Gasteiger partial charge in [-0.1, -0.05) is 18.2 Å². The molecule has 1 aromatic carbocycles. The van der Waals surface area contributed by atoms with Crippen LogP contribution in [0.25, 0.3) is 11.3 Å². The number of piperidine rings is 1. The molecule has 3 heterocycles. The van der Waals surface area contributed by atoms with Gasteiger partial charge in [0.25, 0.3) is 5.91 Å². The van der Waals surface area contributed by atoms with E-state index in [2.05, 4.69) is 16.0 Å². The van der Waals surface area contributed by atoms with Crippen molar-refractivity contribution in [3.8, 4) is 17.3 Å². The minimum atomic E-state index is -0.665. The highest BCUT2D eigenvalue weighted by Gasteiger charge is 2.37. The van der Waals surface area contributed by atoms with Crippen molar-refractivity contribution in [3.63, 3.8) is 0 Å². The van der Waals surface area contributed by atoms with Gasteiger partial charge in [-0.2, -0.15) is 5.26 Å². The van der Waals surface area contributed by atoms with E-state index in [0.717, 1.165) is 5.56 Å². The molecular formula is C24H21FN4O. The number of hydrogen-bond donors (Lipinski definition) is 0. The Morgan fingerprint density at radius 1 is 1.07 bits per heavy atom. The number of nitriles is 1. The molecule has 1 saturated heterocycles. The topological polar surface area (TPSA) is 69.9 Å². The van der Waals surface area contributed by atoms with Crippen molar-refractivity contribution in [1.82, 2.24) is 14.9 Å². The first-order chi connectivity index (χ1) is 14.6. The molecule has 0 N–H and O–H groups in total. The molecule has 1 aliphatic rings. The summed E-state index contributed by atoms with van der Waals surface area (Å²) in [5.74, 6) is -0.393. The normalized spacial score (nSPS) is 15.4. The SMILES string of the molecule is N#CC1(Cc2ccccc2F)CCN(C(=O)c2cccnc2-c2ccncc2)CC1. The summed E-state index contributed by atoms with van der Waals surface area (Å²) in [6.45, 7) is 0.900. The first-order valence-corrected chi connectivity index (χ1v) is 9.91. The lowest BCUT2D eigenvalue weighted by Crippen LogP contribution is -2.43. The van der Waals surface area contributed by atoms with Gasteiger partial charge in [-0.25, -0.2) is 4.39 Å². The summed E-state index contributed by atoms with van der Waals surface area (Å²) in [5, 5.41) is 9.84. The minimum absolute atomic E-state index is 0.104. The number of rotatable bonds is 4. The van der Waals surface area contributed by atoms with Crippen molar-refractivity contribution in [2.24, 2.45) is 5.41 Å². The van der Waals surface area contributed by atoms with Gasteiger partial charge in [-0.3, -0.25) is 14.8 Å². The minimum Gasteiger partial charge on any atom is -0.338 e. The van der Waals surface area contributed by atoms with Gasteiger partial charge in [0.2, 0.25) is 0 Å². The van der Waals surface area contributed by atoms with Gasteiger partial charge in [-0.05, 0) is 55.2 Å². The van der Waals surface area contributed by atoms with E-state index in [1.165, 1.54) is 6.07 Å². The molecule has 0 aliphatic carbocycles. The molecule has 0 unspecified atom stereocenters. The van der Waals surface area contributed by atoms with E-state index in [4.69, 9.17) is 0 Å². The van der Waals surface area contributed by atoms with Crippen LogP contribution in [-0.4, -0.2) is 33.9 Å². The van der Waals surface area contributed by atoms with Crippen LogP contribution in [0.15, 0.2) is 67.1 Å². The number of halogens is 1. The molecule has 0 saturated carbocycles. The molecule has 2 aromatic heterocycles. The van der Waals surface area contributed by atoms with Crippen LogP contribution in [0.3, 0.4) is 0 Å². The van der Waals surface area contributed by atoms with Gasteiger partial charge in [0.05, 0.1) is 22.7 Å². The molecule has 0 bridgehead atoms. The molecule has 0 spiro atoms. The molecular weight excluding hydrogens is 379 g/mol. The van der Waals surface area contributed by atoms with Crippen LogP contribution < -0.4 is 0 Å². The van der Waals surface area contributed by atoms with E-state index in [0.29, 0.717) is 49.2 Å². The molecule has 3 aromatic rings. The molecule has 5 nitrogen and oxygen atoms in total. The number of aromatic nitrogens is 2. The lowest BCUT2D eigenvalue weighted by Gasteiger charge is -2.37. The summed E-state index contributed by atoms with van der Waals surface area (Å²) in [6.07, 6.45) is 6.38. The average Bonchev–Trinajstić information content (AvgIpc) is 2.81. The molecule has 1 fully saturated rings. The lowest BCUT2D eigenvalue weighted by molar-refractivity contribution is 0.0647. The Balaban J connectivity index is 1.52. The smallest absolute Gasteiger partial charge is 0.256 e. The fraction of sp³-hybridized carbons (Fsp3) is 0.250. The number of nitrogens with zero attached hydrogens (tertiary/aromatic N) is 4. The van der Waals surface area contributed by atoms with Crippen LogP contribution in [0.2, 0.25) is 0 Å². The van der Waals surface area contributed by atoms with Crippen molar-refractivity contribution in [2.45, 2.75) is 19.3 Å². The van der Waals surface area contributed by atoms with Crippen molar-refractivity contribution < 1.29 is 9.18 Å². The first-order valence-electron chi connectivity index (χ1n) is 9.91. The second-order valence-corrected chi connectivity index (χ2v) is 7.59. The quantitative estimate of drug-likeness (QED) is 0.656. The predicted molar refractivity (Wildman–Crippen MR) is 111 cm³/mol. The van der Waals surface area contributed by atoms with E-state index in [-0.39, 0.29) is 11.7 Å². The van der Waals surface area contributed by atoms with Crippen molar-refractivity contribution >= 4 is 5.91 Å². The summed E-state index contributed by atoms with van der Waals surface area (Å²) in [6, 6.07) is 16.2. The summed E-state index contributed by atoms with van der Waals surface area (Å²) in [4.78, 5) is 23.4. The van der Waals surface area contributed by atoms with E-state index in [1.807, 2.05) is 12.1 Å². The summed E-state index contributed by atoms with van der Waals surface area (Å²) in [5.41, 5.74) is 1.86. The molecule has 6 heteroatoms. The van der Waals surface area contributed by atoms with Crippen LogP contribution in [0.4, 0.5) is 4.39 Å². The van der Waals surface area contributed by atoms with Crippen LogP contribution in [0, 0.1) is 22.6 Å². The summed E-state index contributed by atoms with van der Waals surface area (Å²) >= 11 is 0. The Morgan fingerprint density at radius 2 is 1.80 bits per heavy atom. The molecule has 1 amide bonds. The maximum Gasteiger partial charge on any atom is 0.256 e. The van der Waals surface area contributed by atoms with Gasteiger partial charge >= 0.3 is 0 Å².